The van der Waals surface area contributed by atoms with E-state index < -0.39 is 0 Å². The summed E-state index contributed by atoms with van der Waals surface area (Å²) in [6, 6.07) is 22.6. The molecule has 0 unspecified atom stereocenters. The maximum Gasteiger partial charge on any atom is 0.0737 e. The van der Waals surface area contributed by atoms with Gasteiger partial charge in [0, 0.05) is 48.1 Å². The molecule has 4 rings (SSSR count). The Morgan fingerprint density at radius 1 is 0.862 bits per heavy atom. The first-order chi connectivity index (χ1) is 14.2. The SMILES string of the molecule is CN(Cc1ccc(CNc2ccnc3cc(Cl)ccc23)cc1)Cc1ccccn1. The van der Waals surface area contributed by atoms with Gasteiger partial charge in [-0.25, -0.2) is 0 Å². The van der Waals surface area contributed by atoms with Crippen LogP contribution in [0.25, 0.3) is 10.9 Å². The minimum atomic E-state index is 0.700. The van der Waals surface area contributed by atoms with Crippen molar-refractivity contribution >= 4 is 28.2 Å². The van der Waals surface area contributed by atoms with Crippen molar-refractivity contribution < 1.29 is 0 Å². The lowest BCUT2D eigenvalue weighted by Gasteiger charge is -2.16. The van der Waals surface area contributed by atoms with Gasteiger partial charge in [-0.3, -0.25) is 14.9 Å². The van der Waals surface area contributed by atoms with Crippen LogP contribution in [0.4, 0.5) is 5.69 Å². The molecule has 0 radical (unpaired) electrons. The van der Waals surface area contributed by atoms with Crippen LogP contribution in [0.3, 0.4) is 0 Å². The zero-order valence-electron chi connectivity index (χ0n) is 16.3. The van der Waals surface area contributed by atoms with Crippen LogP contribution in [-0.2, 0) is 19.6 Å². The Morgan fingerprint density at radius 2 is 1.69 bits per heavy atom. The van der Waals surface area contributed by atoms with Crippen LogP contribution < -0.4 is 5.32 Å². The van der Waals surface area contributed by atoms with Crippen LogP contribution in [-0.4, -0.2) is 21.9 Å². The molecule has 0 bridgehead atoms. The van der Waals surface area contributed by atoms with Crippen LogP contribution >= 0.6 is 11.6 Å². The molecule has 0 aliphatic rings. The molecule has 5 heteroatoms. The van der Waals surface area contributed by atoms with E-state index in [4.69, 9.17) is 11.6 Å². The lowest BCUT2D eigenvalue weighted by atomic mass is 10.1. The third-order valence-corrected chi connectivity index (χ3v) is 5.06. The Morgan fingerprint density at radius 3 is 2.48 bits per heavy atom. The number of anilines is 1. The smallest absolute Gasteiger partial charge is 0.0737 e. The second kappa shape index (κ2) is 9.03. The first kappa shape index (κ1) is 19.4. The van der Waals surface area contributed by atoms with Crippen LogP contribution in [0.2, 0.25) is 5.02 Å². The standard InChI is InChI=1S/C24H23ClN4/c1-29(17-21-4-2-3-12-26-21)16-19-7-5-18(6-8-19)15-28-23-11-13-27-24-14-20(25)9-10-22(23)24/h2-14H,15-17H2,1H3,(H,27,28). The number of benzene rings is 2. The minimum absolute atomic E-state index is 0.700. The van der Waals surface area contributed by atoms with Crippen molar-refractivity contribution in [2.24, 2.45) is 0 Å². The summed E-state index contributed by atoms with van der Waals surface area (Å²) in [5, 5.41) is 5.29. The Kier molecular flexibility index (Phi) is 6.03. The molecule has 29 heavy (non-hydrogen) atoms. The molecular weight excluding hydrogens is 380 g/mol. The maximum atomic E-state index is 6.07. The molecule has 4 aromatic rings. The molecule has 0 amide bonds. The molecule has 1 N–H and O–H groups in total. The van der Waals surface area contributed by atoms with E-state index >= 15 is 0 Å². The molecule has 0 atom stereocenters. The fourth-order valence-corrected chi connectivity index (χ4v) is 3.54. The van der Waals surface area contributed by atoms with Gasteiger partial charge in [-0.05, 0) is 54.6 Å². The average molecular weight is 403 g/mol. The van der Waals surface area contributed by atoms with E-state index in [9.17, 15) is 0 Å². The molecule has 0 aliphatic heterocycles. The highest BCUT2D eigenvalue weighted by molar-refractivity contribution is 6.31. The molecule has 0 spiro atoms. The molecule has 4 nitrogen and oxygen atoms in total. The molecule has 0 fully saturated rings. The van der Waals surface area contributed by atoms with Crippen molar-refractivity contribution in [2.45, 2.75) is 19.6 Å². The van der Waals surface area contributed by atoms with Gasteiger partial charge in [0.2, 0.25) is 0 Å². The summed E-state index contributed by atoms with van der Waals surface area (Å²) >= 11 is 6.07. The van der Waals surface area contributed by atoms with Crippen molar-refractivity contribution in [1.29, 1.82) is 0 Å². The average Bonchev–Trinajstić information content (AvgIpc) is 2.73. The lowest BCUT2D eigenvalue weighted by molar-refractivity contribution is 0.315. The number of hydrogen-bond donors (Lipinski definition) is 1. The number of rotatable bonds is 7. The number of hydrogen-bond acceptors (Lipinski definition) is 4. The molecule has 2 aromatic heterocycles. The van der Waals surface area contributed by atoms with Gasteiger partial charge in [-0.2, -0.15) is 0 Å². The predicted molar refractivity (Wildman–Crippen MR) is 120 cm³/mol. The minimum Gasteiger partial charge on any atom is -0.380 e. The van der Waals surface area contributed by atoms with Crippen LogP contribution in [0, 0.1) is 0 Å². The van der Waals surface area contributed by atoms with Gasteiger partial charge in [0.25, 0.3) is 0 Å². The number of aromatic nitrogens is 2. The maximum absolute atomic E-state index is 6.07. The Hall–Kier alpha value is -2.95. The second-order valence-corrected chi connectivity index (χ2v) is 7.62. The fraction of sp³-hybridized carbons (Fsp3) is 0.167. The zero-order valence-corrected chi connectivity index (χ0v) is 17.1. The first-order valence-corrected chi connectivity index (χ1v) is 9.99. The van der Waals surface area contributed by atoms with Gasteiger partial charge in [-0.15, -0.1) is 0 Å². The van der Waals surface area contributed by atoms with E-state index in [1.165, 1.54) is 11.1 Å². The lowest BCUT2D eigenvalue weighted by Crippen LogP contribution is -2.17. The highest BCUT2D eigenvalue weighted by Crippen LogP contribution is 2.24. The summed E-state index contributed by atoms with van der Waals surface area (Å²) in [6.07, 6.45) is 3.65. The van der Waals surface area contributed by atoms with Crippen LogP contribution in [0.5, 0.6) is 0 Å². The van der Waals surface area contributed by atoms with Crippen LogP contribution in [0.15, 0.2) is 79.1 Å². The molecule has 2 heterocycles. The van der Waals surface area contributed by atoms with Crippen molar-refractivity contribution in [3.05, 3.63) is 101 Å². The molecule has 2 aromatic carbocycles. The zero-order chi connectivity index (χ0) is 20.1. The summed E-state index contributed by atoms with van der Waals surface area (Å²) < 4.78 is 0. The first-order valence-electron chi connectivity index (χ1n) is 9.62. The number of nitrogens with one attached hydrogen (secondary N) is 1. The molecule has 0 saturated heterocycles. The Balaban J connectivity index is 1.36. The van der Waals surface area contributed by atoms with Gasteiger partial charge in [0.1, 0.15) is 0 Å². The second-order valence-electron chi connectivity index (χ2n) is 7.18. The van der Waals surface area contributed by atoms with Gasteiger partial charge in [-0.1, -0.05) is 41.9 Å². The van der Waals surface area contributed by atoms with Crippen molar-refractivity contribution in [1.82, 2.24) is 14.9 Å². The highest BCUT2D eigenvalue weighted by atomic mass is 35.5. The summed E-state index contributed by atoms with van der Waals surface area (Å²) in [5.41, 5.74) is 5.57. The molecule has 0 saturated carbocycles. The number of halogens is 1. The summed E-state index contributed by atoms with van der Waals surface area (Å²) in [4.78, 5) is 11.1. The van der Waals surface area contributed by atoms with Crippen LogP contribution in [0.1, 0.15) is 16.8 Å². The number of fused-ring (bicyclic) bond motifs is 1. The molecular formula is C24H23ClN4. The summed E-state index contributed by atoms with van der Waals surface area (Å²) in [6.45, 7) is 2.48. The summed E-state index contributed by atoms with van der Waals surface area (Å²) in [5.74, 6) is 0. The fourth-order valence-electron chi connectivity index (χ4n) is 3.37. The molecule has 146 valence electrons. The summed E-state index contributed by atoms with van der Waals surface area (Å²) in [7, 11) is 2.12. The van der Waals surface area contributed by atoms with E-state index in [1.54, 1.807) is 0 Å². The Bertz CT molecular complexity index is 1080. The number of pyridine rings is 2. The molecule has 0 aliphatic carbocycles. The quantitative estimate of drug-likeness (QED) is 0.441. The normalized spacial score (nSPS) is 11.1. The largest absolute Gasteiger partial charge is 0.380 e. The van der Waals surface area contributed by atoms with Gasteiger partial charge < -0.3 is 5.32 Å². The Labute approximate surface area is 176 Å². The predicted octanol–water partition coefficient (Wildman–Crippen LogP) is 5.53. The van der Waals surface area contributed by atoms with E-state index in [1.807, 2.05) is 48.8 Å². The van der Waals surface area contributed by atoms with Crippen molar-refractivity contribution in [3.8, 4) is 0 Å². The van der Waals surface area contributed by atoms with E-state index in [2.05, 4.69) is 57.6 Å². The van der Waals surface area contributed by atoms with Gasteiger partial charge in [0.05, 0.1) is 11.2 Å². The van der Waals surface area contributed by atoms with E-state index in [0.717, 1.165) is 41.9 Å². The van der Waals surface area contributed by atoms with E-state index in [0.29, 0.717) is 5.02 Å². The third kappa shape index (κ3) is 5.11. The van der Waals surface area contributed by atoms with Gasteiger partial charge >= 0.3 is 0 Å². The van der Waals surface area contributed by atoms with Gasteiger partial charge in [0.15, 0.2) is 0 Å². The third-order valence-electron chi connectivity index (χ3n) is 4.82. The topological polar surface area (TPSA) is 41.0 Å². The number of nitrogens with zero attached hydrogens (tertiary/aromatic N) is 3. The van der Waals surface area contributed by atoms with E-state index in [-0.39, 0.29) is 0 Å². The monoisotopic (exact) mass is 402 g/mol. The highest BCUT2D eigenvalue weighted by Gasteiger charge is 2.05. The van der Waals surface area contributed by atoms with Crippen molar-refractivity contribution in [2.75, 3.05) is 12.4 Å². The van der Waals surface area contributed by atoms with Crippen molar-refractivity contribution in [3.63, 3.8) is 0 Å².